The first kappa shape index (κ1) is 25.1. The minimum atomic E-state index is -3.84. The van der Waals surface area contributed by atoms with Crippen LogP contribution in [0, 0.1) is 11.8 Å². The Morgan fingerprint density at radius 1 is 0.640 bits per heavy atom. The van der Waals surface area contributed by atoms with Crippen molar-refractivity contribution >= 4 is 7.82 Å². The van der Waals surface area contributed by atoms with Crippen molar-refractivity contribution in [1.82, 2.24) is 0 Å². The zero-order valence-electron chi connectivity index (χ0n) is 17.2. The molecule has 0 radical (unpaired) electrons. The molecule has 0 aliphatic rings. The van der Waals surface area contributed by atoms with Crippen molar-refractivity contribution in [3.8, 4) is 0 Å². The van der Waals surface area contributed by atoms with Crippen LogP contribution in [0.1, 0.15) is 105 Å². The molecule has 0 aromatic heterocycles. The summed E-state index contributed by atoms with van der Waals surface area (Å²) in [5.41, 5.74) is 0. The molecule has 152 valence electrons. The topological polar surface area (TPSA) is 55.8 Å². The summed E-state index contributed by atoms with van der Waals surface area (Å²) in [7, 11) is -3.84. The number of hydrogen-bond donors (Lipinski definition) is 1. The molecule has 0 saturated heterocycles. The second kappa shape index (κ2) is 16.3. The molecule has 0 aromatic carbocycles. The molecule has 0 spiro atoms. The summed E-state index contributed by atoms with van der Waals surface area (Å²) in [5, 5.41) is 0. The third-order valence-corrected chi connectivity index (χ3v) is 5.38. The molecule has 0 unspecified atom stereocenters. The van der Waals surface area contributed by atoms with Gasteiger partial charge in [0.1, 0.15) is 0 Å². The number of hydrogen-bond acceptors (Lipinski definition) is 3. The summed E-state index contributed by atoms with van der Waals surface area (Å²) in [4.78, 5) is 9.63. The van der Waals surface area contributed by atoms with Crippen LogP contribution < -0.4 is 0 Å². The van der Waals surface area contributed by atoms with Crippen LogP contribution >= 0.6 is 7.82 Å². The van der Waals surface area contributed by atoms with Crippen molar-refractivity contribution in [1.29, 1.82) is 0 Å². The van der Waals surface area contributed by atoms with Crippen LogP contribution in [-0.4, -0.2) is 18.1 Å². The Hall–Kier alpha value is 0.110. The van der Waals surface area contributed by atoms with E-state index in [2.05, 4.69) is 27.7 Å². The maximum Gasteiger partial charge on any atom is 0.472 e. The number of unbranched alkanes of at least 4 members (excludes halogenated alkanes) is 8. The highest BCUT2D eigenvalue weighted by Crippen LogP contribution is 2.43. The maximum atomic E-state index is 11.7. The molecule has 0 heterocycles. The lowest BCUT2D eigenvalue weighted by Crippen LogP contribution is -1.99. The maximum absolute atomic E-state index is 11.7. The van der Waals surface area contributed by atoms with Crippen molar-refractivity contribution in [3.63, 3.8) is 0 Å². The van der Waals surface area contributed by atoms with Crippen LogP contribution in [0.4, 0.5) is 0 Å². The van der Waals surface area contributed by atoms with Gasteiger partial charge in [0.2, 0.25) is 0 Å². The first-order chi connectivity index (χ1) is 11.8. The predicted octanol–water partition coefficient (Wildman–Crippen LogP) is 7.11. The second-order valence-electron chi connectivity index (χ2n) is 8.04. The van der Waals surface area contributed by atoms with Gasteiger partial charge in [-0.15, -0.1) is 0 Å². The van der Waals surface area contributed by atoms with Crippen molar-refractivity contribution in [2.45, 2.75) is 105 Å². The van der Waals surface area contributed by atoms with Gasteiger partial charge in [-0.05, 0) is 24.7 Å². The van der Waals surface area contributed by atoms with Gasteiger partial charge in [0, 0.05) is 0 Å². The molecule has 0 aliphatic heterocycles. The highest BCUT2D eigenvalue weighted by molar-refractivity contribution is 7.47. The average Bonchev–Trinajstić information content (AvgIpc) is 2.51. The van der Waals surface area contributed by atoms with Gasteiger partial charge >= 0.3 is 7.82 Å². The SMILES string of the molecule is CC(C)CCCCCCCOP(=O)(O)OCCCCCCCC(C)C. The largest absolute Gasteiger partial charge is 0.472 e. The predicted molar refractivity (Wildman–Crippen MR) is 107 cm³/mol. The average molecular weight is 379 g/mol. The monoisotopic (exact) mass is 378 g/mol. The molecular formula is C20H43O4P. The summed E-state index contributed by atoms with van der Waals surface area (Å²) in [6.45, 7) is 9.62. The number of phosphoric ester groups is 1. The summed E-state index contributed by atoms with van der Waals surface area (Å²) in [6, 6.07) is 0. The van der Waals surface area contributed by atoms with Crippen LogP contribution in [0.5, 0.6) is 0 Å². The fourth-order valence-corrected chi connectivity index (χ4v) is 3.56. The molecule has 0 rings (SSSR count). The van der Waals surface area contributed by atoms with Gasteiger partial charge in [0.25, 0.3) is 0 Å². The quantitative estimate of drug-likeness (QED) is 0.204. The van der Waals surface area contributed by atoms with E-state index < -0.39 is 7.82 Å². The highest BCUT2D eigenvalue weighted by Gasteiger charge is 2.19. The molecule has 0 bridgehead atoms. The van der Waals surface area contributed by atoms with Gasteiger partial charge in [-0.25, -0.2) is 4.57 Å². The molecule has 4 nitrogen and oxygen atoms in total. The Kier molecular flexibility index (Phi) is 16.4. The molecule has 0 aromatic rings. The first-order valence-corrected chi connectivity index (χ1v) is 11.9. The fourth-order valence-electron chi connectivity index (χ4n) is 2.77. The van der Waals surface area contributed by atoms with E-state index in [1.165, 1.54) is 51.4 Å². The minimum Gasteiger partial charge on any atom is -0.302 e. The molecule has 0 saturated carbocycles. The van der Waals surface area contributed by atoms with E-state index >= 15 is 0 Å². The Bertz CT molecular complexity index is 304. The van der Waals surface area contributed by atoms with E-state index in [1.54, 1.807) is 0 Å². The smallest absolute Gasteiger partial charge is 0.302 e. The lowest BCUT2D eigenvalue weighted by Gasteiger charge is -2.12. The zero-order valence-corrected chi connectivity index (χ0v) is 18.1. The summed E-state index contributed by atoms with van der Waals surface area (Å²) in [5.74, 6) is 1.56. The van der Waals surface area contributed by atoms with E-state index in [0.29, 0.717) is 13.2 Å². The summed E-state index contributed by atoms with van der Waals surface area (Å²) in [6.07, 6.45) is 13.7. The van der Waals surface area contributed by atoms with E-state index in [1.807, 2.05) is 0 Å². The fraction of sp³-hybridized carbons (Fsp3) is 1.00. The van der Waals surface area contributed by atoms with Crippen molar-refractivity contribution in [2.24, 2.45) is 11.8 Å². The molecule has 0 fully saturated rings. The normalized spacial score (nSPS) is 12.4. The molecule has 0 amide bonds. The van der Waals surface area contributed by atoms with Gasteiger partial charge in [-0.2, -0.15) is 0 Å². The van der Waals surface area contributed by atoms with Gasteiger partial charge in [-0.3, -0.25) is 9.05 Å². The van der Waals surface area contributed by atoms with Gasteiger partial charge in [0.05, 0.1) is 13.2 Å². The lowest BCUT2D eigenvalue weighted by atomic mass is 10.0. The Morgan fingerprint density at radius 3 is 1.32 bits per heavy atom. The second-order valence-corrected chi connectivity index (χ2v) is 9.49. The van der Waals surface area contributed by atoms with Crippen LogP contribution in [0.25, 0.3) is 0 Å². The summed E-state index contributed by atoms with van der Waals surface area (Å²) < 4.78 is 21.8. The van der Waals surface area contributed by atoms with Gasteiger partial charge in [0.15, 0.2) is 0 Å². The molecular weight excluding hydrogens is 335 g/mol. The van der Waals surface area contributed by atoms with Crippen LogP contribution in [0.15, 0.2) is 0 Å². The summed E-state index contributed by atoms with van der Waals surface area (Å²) >= 11 is 0. The van der Waals surface area contributed by atoms with E-state index in [4.69, 9.17) is 9.05 Å². The standard InChI is InChI=1S/C20H43O4P/c1-19(2)15-11-7-5-9-13-17-23-25(21,22)24-18-14-10-6-8-12-16-20(3)4/h19-20H,5-18H2,1-4H3,(H,21,22). The van der Waals surface area contributed by atoms with Crippen molar-refractivity contribution in [3.05, 3.63) is 0 Å². The zero-order chi connectivity index (χ0) is 19.0. The van der Waals surface area contributed by atoms with Gasteiger partial charge < -0.3 is 4.89 Å². The van der Waals surface area contributed by atoms with Crippen molar-refractivity contribution in [2.75, 3.05) is 13.2 Å². The Balaban J connectivity index is 3.39. The van der Waals surface area contributed by atoms with E-state index in [-0.39, 0.29) is 0 Å². The van der Waals surface area contributed by atoms with Crippen molar-refractivity contribution < 1.29 is 18.5 Å². The van der Waals surface area contributed by atoms with E-state index in [9.17, 15) is 9.46 Å². The van der Waals surface area contributed by atoms with Crippen LogP contribution in [0.2, 0.25) is 0 Å². The molecule has 25 heavy (non-hydrogen) atoms. The van der Waals surface area contributed by atoms with Crippen LogP contribution in [-0.2, 0) is 13.6 Å². The van der Waals surface area contributed by atoms with E-state index in [0.717, 1.165) is 37.5 Å². The first-order valence-electron chi connectivity index (χ1n) is 10.5. The van der Waals surface area contributed by atoms with Gasteiger partial charge in [-0.1, -0.05) is 91.9 Å². The Labute approximate surface area is 156 Å². The molecule has 0 atom stereocenters. The Morgan fingerprint density at radius 2 is 0.960 bits per heavy atom. The third kappa shape index (κ3) is 20.3. The number of rotatable bonds is 18. The highest BCUT2D eigenvalue weighted by atomic mass is 31.2. The van der Waals surface area contributed by atoms with Crippen LogP contribution in [0.3, 0.4) is 0 Å². The molecule has 1 N–H and O–H groups in total. The molecule has 5 heteroatoms. The number of phosphoric acid groups is 1. The third-order valence-electron chi connectivity index (χ3n) is 4.36. The lowest BCUT2D eigenvalue weighted by molar-refractivity contribution is 0.145. The minimum absolute atomic E-state index is 0.313. The molecule has 0 aliphatic carbocycles.